The first-order valence-electron chi connectivity index (χ1n) is 5.56. The molecule has 7 heteroatoms. The molecule has 94 valence electrons. The normalized spacial score (nSPS) is 10.6. The van der Waals surface area contributed by atoms with Crippen molar-refractivity contribution in [1.29, 1.82) is 0 Å². The van der Waals surface area contributed by atoms with E-state index in [9.17, 15) is 9.59 Å². The molecular weight excluding hydrogens is 323 g/mol. The molecule has 0 aliphatic rings. The third kappa shape index (κ3) is 4.60. The zero-order chi connectivity index (χ0) is 13.0. The second-order valence-electron chi connectivity index (χ2n) is 3.80. The molecule has 0 fully saturated rings. The van der Waals surface area contributed by atoms with E-state index < -0.39 is 0 Å². The molecule has 0 aliphatic heterocycles. The quantitative estimate of drug-likeness (QED) is 0.463. The van der Waals surface area contributed by atoms with Crippen molar-refractivity contribution < 1.29 is 58.2 Å². The van der Waals surface area contributed by atoms with Crippen molar-refractivity contribution in [3.8, 4) is 0 Å². The van der Waals surface area contributed by atoms with E-state index in [2.05, 4.69) is 0 Å². The molecular formula is C11H17N3O2PRb. The van der Waals surface area contributed by atoms with Crippen LogP contribution in [0.15, 0.2) is 15.7 Å². The predicted octanol–water partition coefficient (Wildman–Crippen LogP) is -1.93. The second-order valence-corrected chi connectivity index (χ2v) is 4.69. The molecule has 1 unspecified atom stereocenters. The van der Waals surface area contributed by atoms with Crippen molar-refractivity contribution in [2.45, 2.75) is 33.2 Å². The summed E-state index contributed by atoms with van der Waals surface area (Å²) in [5, 5.41) is 9.16. The van der Waals surface area contributed by atoms with Crippen LogP contribution in [-0.4, -0.2) is 21.3 Å². The number of rotatable bonds is 5. The summed E-state index contributed by atoms with van der Waals surface area (Å²) in [5.74, 6) is 0. The van der Waals surface area contributed by atoms with Crippen LogP contribution in [-0.2, 0) is 13.0 Å². The van der Waals surface area contributed by atoms with Crippen LogP contribution in [0.25, 0.3) is 5.41 Å². The Morgan fingerprint density at radius 3 is 2.50 bits per heavy atom. The Kier molecular flexibility index (Phi) is 8.98. The molecule has 1 heterocycles. The molecule has 0 saturated heterocycles. The van der Waals surface area contributed by atoms with Gasteiger partial charge in [0.2, 0.25) is 0 Å². The second kappa shape index (κ2) is 8.70. The molecule has 0 aliphatic carbocycles. The molecule has 18 heavy (non-hydrogen) atoms. The first kappa shape index (κ1) is 18.6. The van der Waals surface area contributed by atoms with Gasteiger partial charge in [0.15, 0.2) is 0 Å². The molecule has 0 amide bonds. The van der Waals surface area contributed by atoms with E-state index in [1.165, 1.54) is 10.6 Å². The van der Waals surface area contributed by atoms with Crippen LogP contribution in [0.4, 0.5) is 0 Å². The Labute approximate surface area is 157 Å². The third-order valence-electron chi connectivity index (χ3n) is 2.55. The first-order chi connectivity index (χ1) is 8.01. The Balaban J connectivity index is 0.00000289. The average molecular weight is 340 g/mol. The molecule has 1 aromatic rings. The molecule has 0 radical (unpaired) electrons. The van der Waals surface area contributed by atoms with E-state index in [1.807, 2.05) is 6.66 Å². The van der Waals surface area contributed by atoms with Gasteiger partial charge in [-0.25, -0.2) is 10.5 Å². The van der Waals surface area contributed by atoms with Gasteiger partial charge in [-0.3, -0.25) is 13.7 Å². The van der Waals surface area contributed by atoms with Gasteiger partial charge in [0.1, 0.15) is 0 Å². The van der Waals surface area contributed by atoms with Crippen molar-refractivity contribution in [3.63, 3.8) is 0 Å². The van der Waals surface area contributed by atoms with Gasteiger partial charge in [-0.1, -0.05) is 6.92 Å². The summed E-state index contributed by atoms with van der Waals surface area (Å²) in [4.78, 5) is 23.7. The van der Waals surface area contributed by atoms with Crippen molar-refractivity contribution in [3.05, 3.63) is 38.0 Å². The zero-order valence-corrected chi connectivity index (χ0v) is 17.3. The fourth-order valence-electron chi connectivity index (χ4n) is 1.65. The summed E-state index contributed by atoms with van der Waals surface area (Å²) in [6.45, 7) is 5.67. The molecule has 0 aromatic carbocycles. The Morgan fingerprint density at radius 2 is 2.06 bits per heavy atom. The Hall–Kier alpha value is 0.585. The van der Waals surface area contributed by atoms with Gasteiger partial charge in [0.25, 0.3) is 5.56 Å². The molecule has 5 nitrogen and oxygen atoms in total. The first-order valence-corrected chi connectivity index (χ1v) is 7.00. The Bertz CT molecular complexity index is 536. The summed E-state index contributed by atoms with van der Waals surface area (Å²) >= 11 is 0. The van der Waals surface area contributed by atoms with Gasteiger partial charge in [0, 0.05) is 18.3 Å². The Morgan fingerprint density at radius 1 is 1.44 bits per heavy atom. The van der Waals surface area contributed by atoms with E-state index in [0.717, 1.165) is 0 Å². The van der Waals surface area contributed by atoms with Gasteiger partial charge >= 0.3 is 63.9 Å². The summed E-state index contributed by atoms with van der Waals surface area (Å²) in [7, 11) is 0.280. The van der Waals surface area contributed by atoms with Crippen LogP contribution < -0.4 is 69.4 Å². The predicted molar refractivity (Wildman–Crippen MR) is 72.6 cm³/mol. The number of hydrogen-bond donors (Lipinski definition) is 0. The summed E-state index contributed by atoms with van der Waals surface area (Å²) < 4.78 is 2.82. The minimum atomic E-state index is -0.266. The number of aromatic nitrogens is 2. The molecule has 1 rings (SSSR count). The van der Waals surface area contributed by atoms with Crippen LogP contribution in [0.3, 0.4) is 0 Å². The molecule has 0 spiro atoms. The maximum atomic E-state index is 12.0. The van der Waals surface area contributed by atoms with E-state index in [4.69, 9.17) is 5.41 Å². The monoisotopic (exact) mass is 339 g/mol. The third-order valence-corrected chi connectivity index (χ3v) is 3.47. The average Bonchev–Trinajstić information content (AvgIpc) is 2.26. The van der Waals surface area contributed by atoms with Crippen molar-refractivity contribution in [2.24, 2.45) is 0 Å². The minimum absolute atomic E-state index is 0. The molecule has 0 bridgehead atoms. The molecule has 1 atom stereocenters. The van der Waals surface area contributed by atoms with Gasteiger partial charge in [-0.2, -0.15) is 0 Å². The van der Waals surface area contributed by atoms with E-state index in [0.29, 0.717) is 30.8 Å². The van der Waals surface area contributed by atoms with Gasteiger partial charge in [-0.05, 0) is 35.2 Å². The zero-order valence-electron chi connectivity index (χ0n) is 11.4. The topological polar surface area (TPSA) is 66.3 Å². The smallest absolute Gasteiger partial charge is 0.811 e. The fourth-order valence-corrected chi connectivity index (χ4v) is 2.42. The minimum Gasteiger partial charge on any atom is -0.811 e. The number of aryl methyl sites for hydroxylation is 1. The number of hydrogen-bond acceptors (Lipinski definition) is 2. The van der Waals surface area contributed by atoms with Gasteiger partial charge in [-0.15, -0.1) is 0 Å². The van der Waals surface area contributed by atoms with Crippen LogP contribution in [0.2, 0.25) is 0 Å². The fraction of sp³-hybridized carbons (Fsp3) is 0.545. The maximum absolute atomic E-state index is 12.0. The number of nitrogens with zero attached hydrogens (tertiary/aromatic N) is 3. The van der Waals surface area contributed by atoms with E-state index in [-0.39, 0.29) is 78.2 Å². The summed E-state index contributed by atoms with van der Waals surface area (Å²) in [6, 6.07) is 1.49. The van der Waals surface area contributed by atoms with Crippen LogP contribution in [0.5, 0.6) is 0 Å². The largest absolute Gasteiger partial charge is 1.00 e. The molecule has 1 aromatic heterocycles. The summed E-state index contributed by atoms with van der Waals surface area (Å²) in [5.41, 5.74) is 0.478. The van der Waals surface area contributed by atoms with E-state index in [1.54, 1.807) is 18.2 Å². The molecule has 0 N–H and O–H groups in total. The van der Waals surface area contributed by atoms with Gasteiger partial charge in [0.05, 0.1) is 0 Å². The summed E-state index contributed by atoms with van der Waals surface area (Å²) in [6.07, 6.45) is 0.984. The van der Waals surface area contributed by atoms with Gasteiger partial charge < -0.3 is 5.41 Å². The molecule has 0 saturated carbocycles. The SMILES string of the molecule is CCn1c(=O)cc(CCC(C)=[N-])n(PC)c1=O.[Rb+]. The standard InChI is InChI=1S/C11H17N3O2P.Rb/c1-4-13-10(15)7-9(6-5-8(2)12)14(17-3)11(13)16;/h7,17H,4-6H2,1-3H3;/q-1;+1. The van der Waals surface area contributed by atoms with Crippen molar-refractivity contribution in [1.82, 2.24) is 8.90 Å². The van der Waals surface area contributed by atoms with E-state index >= 15 is 0 Å². The van der Waals surface area contributed by atoms with Crippen molar-refractivity contribution >= 4 is 14.4 Å². The van der Waals surface area contributed by atoms with Crippen molar-refractivity contribution in [2.75, 3.05) is 6.66 Å². The van der Waals surface area contributed by atoms with Crippen LogP contribution in [0.1, 0.15) is 26.0 Å². The van der Waals surface area contributed by atoms with Crippen LogP contribution in [0, 0.1) is 0 Å². The van der Waals surface area contributed by atoms with Crippen LogP contribution >= 0.6 is 8.73 Å². The maximum Gasteiger partial charge on any atom is 1.00 e.